The van der Waals surface area contributed by atoms with E-state index in [2.05, 4.69) is 47.3 Å². The fourth-order valence-electron chi connectivity index (χ4n) is 3.74. The fraction of sp³-hybridized carbons (Fsp3) is 0.381. The van der Waals surface area contributed by atoms with E-state index in [1.807, 2.05) is 14.1 Å². The van der Waals surface area contributed by atoms with Crippen molar-refractivity contribution in [2.45, 2.75) is 33.1 Å². The lowest BCUT2D eigenvalue weighted by atomic mass is 9.87. The summed E-state index contributed by atoms with van der Waals surface area (Å²) in [4.78, 5) is 25.4. The van der Waals surface area contributed by atoms with Crippen molar-refractivity contribution in [3.63, 3.8) is 0 Å². The Morgan fingerprint density at radius 1 is 1.22 bits per heavy atom. The number of hydrogen-bond donors (Lipinski definition) is 1. The van der Waals surface area contributed by atoms with Crippen molar-refractivity contribution in [2.75, 3.05) is 19.4 Å². The molecule has 3 aromatic rings. The maximum atomic E-state index is 12.4. The van der Waals surface area contributed by atoms with Crippen molar-refractivity contribution in [3.05, 3.63) is 46.1 Å². The average molecular weight is 381 g/mol. The number of carbonyl (C=O) groups is 1. The number of benzene rings is 1. The molecule has 1 aliphatic rings. The third-order valence-corrected chi connectivity index (χ3v) is 6.57. The zero-order chi connectivity index (χ0) is 19.1. The second-order valence-electron chi connectivity index (χ2n) is 7.50. The molecule has 1 aromatic carbocycles. The van der Waals surface area contributed by atoms with Gasteiger partial charge < -0.3 is 10.2 Å². The van der Waals surface area contributed by atoms with E-state index < -0.39 is 0 Å². The summed E-state index contributed by atoms with van der Waals surface area (Å²) in [6.07, 6.45) is 4.20. The number of carbonyl (C=O) groups excluding carboxylic acids is 1. The molecule has 0 radical (unpaired) electrons. The molecular weight excluding hydrogens is 356 g/mol. The Hall–Kier alpha value is -2.47. The van der Waals surface area contributed by atoms with Crippen LogP contribution < -0.4 is 5.32 Å². The van der Waals surface area contributed by atoms with Gasteiger partial charge in [0.2, 0.25) is 5.91 Å². The monoisotopic (exact) mass is 380 g/mol. The molecule has 1 amide bonds. The number of amides is 1. The molecular formula is C21H24N4OS. The summed E-state index contributed by atoms with van der Waals surface area (Å²) in [5, 5.41) is 4.60. The lowest BCUT2D eigenvalue weighted by Crippen LogP contribution is -2.32. The van der Waals surface area contributed by atoms with Crippen LogP contribution in [0.2, 0.25) is 0 Å². The Balaban J connectivity index is 1.70. The first-order valence-electron chi connectivity index (χ1n) is 9.24. The van der Waals surface area contributed by atoms with E-state index in [1.165, 1.54) is 21.6 Å². The van der Waals surface area contributed by atoms with Crippen molar-refractivity contribution >= 4 is 39.0 Å². The predicted molar refractivity (Wildman–Crippen MR) is 111 cm³/mol. The Labute approximate surface area is 163 Å². The standard InChI is InChI=1S/C21H24N4OS/c1-12-5-7-15(9-13(12)2)24-19-18-16-8-6-14(21(26)25(3)4)10-17(16)27-20(18)23-11-22-19/h5,7,9,11,14H,6,8,10H2,1-4H3,(H,22,23,24). The van der Waals surface area contributed by atoms with Gasteiger partial charge in [0.1, 0.15) is 17.0 Å². The second kappa shape index (κ2) is 6.93. The van der Waals surface area contributed by atoms with Crippen LogP contribution >= 0.6 is 11.3 Å². The molecule has 0 bridgehead atoms. The fourth-order valence-corrected chi connectivity index (χ4v) is 5.00. The molecule has 0 spiro atoms. The van der Waals surface area contributed by atoms with Crippen LogP contribution in [0.3, 0.4) is 0 Å². The van der Waals surface area contributed by atoms with Gasteiger partial charge in [-0.1, -0.05) is 6.07 Å². The van der Waals surface area contributed by atoms with Gasteiger partial charge in [-0.2, -0.15) is 0 Å². The number of nitrogens with zero attached hydrogens (tertiary/aromatic N) is 3. The topological polar surface area (TPSA) is 58.1 Å². The van der Waals surface area contributed by atoms with Crippen LogP contribution in [0.4, 0.5) is 11.5 Å². The predicted octanol–water partition coefficient (Wildman–Crippen LogP) is 4.24. The molecule has 4 rings (SSSR count). The zero-order valence-corrected chi connectivity index (χ0v) is 17.0. The van der Waals surface area contributed by atoms with E-state index >= 15 is 0 Å². The normalized spacial score (nSPS) is 16.2. The Morgan fingerprint density at radius 2 is 2.04 bits per heavy atom. The first-order chi connectivity index (χ1) is 12.9. The van der Waals surface area contributed by atoms with Crippen LogP contribution in [-0.4, -0.2) is 34.9 Å². The van der Waals surface area contributed by atoms with Crippen molar-refractivity contribution < 1.29 is 4.79 Å². The minimum atomic E-state index is 0.0738. The summed E-state index contributed by atoms with van der Waals surface area (Å²) in [5.74, 6) is 1.15. The Morgan fingerprint density at radius 3 is 2.78 bits per heavy atom. The van der Waals surface area contributed by atoms with Crippen molar-refractivity contribution in [2.24, 2.45) is 5.92 Å². The molecule has 1 aliphatic carbocycles. The van der Waals surface area contributed by atoms with E-state index in [4.69, 9.17) is 0 Å². The molecule has 1 N–H and O–H groups in total. The zero-order valence-electron chi connectivity index (χ0n) is 16.2. The Bertz CT molecular complexity index is 1020. The highest BCUT2D eigenvalue weighted by atomic mass is 32.1. The average Bonchev–Trinajstić information content (AvgIpc) is 3.02. The largest absolute Gasteiger partial charge is 0.349 e. The molecule has 5 nitrogen and oxygen atoms in total. The SMILES string of the molecule is Cc1ccc(Nc2ncnc3sc4c(c23)CCC(C(=O)N(C)C)C4)cc1C. The van der Waals surface area contributed by atoms with Gasteiger partial charge in [0.15, 0.2) is 0 Å². The number of hydrogen-bond acceptors (Lipinski definition) is 5. The van der Waals surface area contributed by atoms with Crippen molar-refractivity contribution in [1.29, 1.82) is 0 Å². The summed E-state index contributed by atoms with van der Waals surface area (Å²) in [6, 6.07) is 6.35. The summed E-state index contributed by atoms with van der Waals surface area (Å²) in [7, 11) is 3.67. The minimum Gasteiger partial charge on any atom is -0.349 e. The molecule has 0 fully saturated rings. The van der Waals surface area contributed by atoms with Gasteiger partial charge in [-0.15, -0.1) is 11.3 Å². The lowest BCUT2D eigenvalue weighted by Gasteiger charge is -2.24. The maximum Gasteiger partial charge on any atom is 0.225 e. The molecule has 140 valence electrons. The number of aromatic nitrogens is 2. The van der Waals surface area contributed by atoms with Gasteiger partial charge in [0.05, 0.1) is 5.39 Å². The van der Waals surface area contributed by atoms with E-state index in [-0.39, 0.29) is 11.8 Å². The number of fused-ring (bicyclic) bond motifs is 3. The minimum absolute atomic E-state index is 0.0738. The van der Waals surface area contributed by atoms with Gasteiger partial charge >= 0.3 is 0 Å². The number of anilines is 2. The summed E-state index contributed by atoms with van der Waals surface area (Å²) in [5.41, 5.74) is 4.87. The van der Waals surface area contributed by atoms with Gasteiger partial charge in [-0.3, -0.25) is 4.79 Å². The molecule has 2 heterocycles. The van der Waals surface area contributed by atoms with Crippen molar-refractivity contribution in [1.82, 2.24) is 14.9 Å². The van der Waals surface area contributed by atoms with Gasteiger partial charge in [-0.25, -0.2) is 9.97 Å². The highest BCUT2D eigenvalue weighted by molar-refractivity contribution is 7.19. The van der Waals surface area contributed by atoms with Crippen LogP contribution in [0.15, 0.2) is 24.5 Å². The number of thiophene rings is 1. The highest BCUT2D eigenvalue weighted by Crippen LogP contribution is 2.40. The third kappa shape index (κ3) is 3.30. The summed E-state index contributed by atoms with van der Waals surface area (Å²) >= 11 is 1.70. The van der Waals surface area contributed by atoms with Gasteiger partial charge in [-0.05, 0) is 61.9 Å². The number of nitrogens with one attached hydrogen (secondary N) is 1. The molecule has 27 heavy (non-hydrogen) atoms. The second-order valence-corrected chi connectivity index (χ2v) is 8.59. The van der Waals surface area contributed by atoms with Crippen LogP contribution in [-0.2, 0) is 17.6 Å². The highest BCUT2D eigenvalue weighted by Gasteiger charge is 2.29. The lowest BCUT2D eigenvalue weighted by molar-refractivity contribution is -0.133. The van der Waals surface area contributed by atoms with E-state index in [0.29, 0.717) is 0 Å². The molecule has 0 saturated carbocycles. The quantitative estimate of drug-likeness (QED) is 0.738. The molecule has 6 heteroatoms. The van der Waals surface area contributed by atoms with Crippen LogP contribution in [0.5, 0.6) is 0 Å². The molecule has 1 atom stereocenters. The third-order valence-electron chi connectivity index (χ3n) is 5.40. The van der Waals surface area contributed by atoms with Crippen molar-refractivity contribution in [3.8, 4) is 0 Å². The van der Waals surface area contributed by atoms with Crippen LogP contribution in [0.1, 0.15) is 28.0 Å². The smallest absolute Gasteiger partial charge is 0.225 e. The van der Waals surface area contributed by atoms with Crippen LogP contribution in [0, 0.1) is 19.8 Å². The molecule has 0 saturated heterocycles. The Kier molecular flexibility index (Phi) is 4.60. The maximum absolute atomic E-state index is 12.4. The van der Waals surface area contributed by atoms with E-state index in [1.54, 1.807) is 22.6 Å². The number of rotatable bonds is 3. The van der Waals surface area contributed by atoms with Gasteiger partial charge in [0.25, 0.3) is 0 Å². The summed E-state index contributed by atoms with van der Waals surface area (Å²) < 4.78 is 0. The van der Waals surface area contributed by atoms with E-state index in [0.717, 1.165) is 41.0 Å². The molecule has 1 unspecified atom stereocenters. The molecule has 0 aliphatic heterocycles. The first-order valence-corrected chi connectivity index (χ1v) is 10.1. The van der Waals surface area contributed by atoms with Crippen LogP contribution in [0.25, 0.3) is 10.2 Å². The number of aryl methyl sites for hydroxylation is 3. The van der Waals surface area contributed by atoms with Gasteiger partial charge in [0, 0.05) is 30.6 Å². The molecule has 2 aromatic heterocycles. The first kappa shape index (κ1) is 17.9. The summed E-state index contributed by atoms with van der Waals surface area (Å²) in [6.45, 7) is 4.23. The van der Waals surface area contributed by atoms with E-state index in [9.17, 15) is 4.79 Å².